The molecule has 2 unspecified atom stereocenters. The van der Waals surface area contributed by atoms with Crippen LogP contribution in [-0.4, -0.2) is 23.8 Å². The van der Waals surface area contributed by atoms with E-state index < -0.39 is 0 Å². The molecule has 0 bridgehead atoms. The lowest BCUT2D eigenvalue weighted by molar-refractivity contribution is -0.148. The number of carbonyl (C=O) groups is 1. The van der Waals surface area contributed by atoms with Gasteiger partial charge in [0.15, 0.2) is 0 Å². The number of aliphatic hydroxyl groups is 1. The molecule has 0 aliphatic carbocycles. The number of rotatable bonds is 9. The van der Waals surface area contributed by atoms with Crippen LogP contribution in [0.4, 0.5) is 0 Å². The summed E-state index contributed by atoms with van der Waals surface area (Å²) >= 11 is 0. The van der Waals surface area contributed by atoms with Crippen LogP contribution in [-0.2, 0) is 9.53 Å². The van der Waals surface area contributed by atoms with Crippen LogP contribution in [0.1, 0.15) is 59.3 Å². The van der Waals surface area contributed by atoms with Gasteiger partial charge in [0.2, 0.25) is 0 Å². The average molecular weight is 230 g/mol. The molecule has 3 heteroatoms. The molecule has 96 valence electrons. The smallest absolute Gasteiger partial charge is 0.308 e. The van der Waals surface area contributed by atoms with Gasteiger partial charge < -0.3 is 9.84 Å². The van der Waals surface area contributed by atoms with Gasteiger partial charge >= 0.3 is 5.97 Å². The van der Waals surface area contributed by atoms with Crippen molar-refractivity contribution in [3.63, 3.8) is 0 Å². The van der Waals surface area contributed by atoms with E-state index in [2.05, 4.69) is 0 Å². The number of unbranched alkanes of at least 4 members (excludes halogenated alkanes) is 2. The Bertz CT molecular complexity index is 178. The van der Waals surface area contributed by atoms with E-state index in [1.807, 2.05) is 20.8 Å². The van der Waals surface area contributed by atoms with E-state index in [-0.39, 0.29) is 18.0 Å². The van der Waals surface area contributed by atoms with Crippen molar-refractivity contribution in [3.05, 3.63) is 0 Å². The van der Waals surface area contributed by atoms with Crippen LogP contribution in [0.3, 0.4) is 0 Å². The van der Waals surface area contributed by atoms with Gasteiger partial charge in [-0.25, -0.2) is 0 Å². The highest BCUT2D eigenvalue weighted by molar-refractivity contribution is 5.72. The Hall–Kier alpha value is -0.570. The molecule has 2 atom stereocenters. The van der Waals surface area contributed by atoms with Crippen molar-refractivity contribution >= 4 is 5.97 Å². The fraction of sp³-hybridized carbons (Fsp3) is 0.923. The van der Waals surface area contributed by atoms with E-state index in [0.717, 1.165) is 38.5 Å². The highest BCUT2D eigenvalue weighted by atomic mass is 16.5. The third-order valence-electron chi connectivity index (χ3n) is 2.79. The van der Waals surface area contributed by atoms with Crippen LogP contribution in [0.15, 0.2) is 0 Å². The van der Waals surface area contributed by atoms with E-state index in [1.165, 1.54) is 0 Å². The normalized spacial score (nSPS) is 14.5. The van der Waals surface area contributed by atoms with E-state index in [0.29, 0.717) is 6.61 Å². The Labute approximate surface area is 99.2 Å². The van der Waals surface area contributed by atoms with Gasteiger partial charge in [0.1, 0.15) is 0 Å². The maximum Gasteiger partial charge on any atom is 0.308 e. The maximum atomic E-state index is 11.5. The van der Waals surface area contributed by atoms with Crippen molar-refractivity contribution in [1.82, 2.24) is 0 Å². The van der Waals surface area contributed by atoms with Crippen molar-refractivity contribution < 1.29 is 14.6 Å². The standard InChI is InChI=1S/C13H26O3/c1-4-12(13(15)16-5-2)10-8-6-7-9-11(3)14/h11-12,14H,4-10H2,1-3H3. The Balaban J connectivity index is 3.59. The van der Waals surface area contributed by atoms with Crippen LogP contribution in [0.2, 0.25) is 0 Å². The van der Waals surface area contributed by atoms with Crippen molar-refractivity contribution in [1.29, 1.82) is 0 Å². The van der Waals surface area contributed by atoms with Crippen molar-refractivity contribution in [3.8, 4) is 0 Å². The molecule has 0 amide bonds. The van der Waals surface area contributed by atoms with Crippen molar-refractivity contribution in [2.24, 2.45) is 5.92 Å². The predicted molar refractivity (Wildman–Crippen MR) is 65.2 cm³/mol. The molecule has 1 N–H and O–H groups in total. The number of esters is 1. The first-order chi connectivity index (χ1) is 7.61. The van der Waals surface area contributed by atoms with Gasteiger partial charge in [0, 0.05) is 0 Å². The minimum Gasteiger partial charge on any atom is -0.466 e. The topological polar surface area (TPSA) is 46.5 Å². The fourth-order valence-corrected chi connectivity index (χ4v) is 1.76. The molecule has 3 nitrogen and oxygen atoms in total. The van der Waals surface area contributed by atoms with Gasteiger partial charge in [-0.2, -0.15) is 0 Å². The highest BCUT2D eigenvalue weighted by Gasteiger charge is 2.16. The molecule has 0 rings (SSSR count). The van der Waals surface area contributed by atoms with E-state index in [1.54, 1.807) is 0 Å². The van der Waals surface area contributed by atoms with Crippen molar-refractivity contribution in [2.45, 2.75) is 65.4 Å². The Morgan fingerprint density at radius 1 is 1.19 bits per heavy atom. The van der Waals surface area contributed by atoms with Gasteiger partial charge in [0.25, 0.3) is 0 Å². The summed E-state index contributed by atoms with van der Waals surface area (Å²) in [5.74, 6) is 0.00651. The molecule has 0 aliphatic rings. The van der Waals surface area contributed by atoms with Crippen LogP contribution < -0.4 is 0 Å². The lowest BCUT2D eigenvalue weighted by Gasteiger charge is -2.13. The third kappa shape index (κ3) is 7.69. The zero-order valence-corrected chi connectivity index (χ0v) is 10.9. The third-order valence-corrected chi connectivity index (χ3v) is 2.79. The quantitative estimate of drug-likeness (QED) is 0.489. The first kappa shape index (κ1) is 15.4. The lowest BCUT2D eigenvalue weighted by atomic mass is 9.98. The Kier molecular flexibility index (Phi) is 9.30. The van der Waals surface area contributed by atoms with E-state index in [4.69, 9.17) is 9.84 Å². The number of aliphatic hydroxyl groups excluding tert-OH is 1. The molecule has 0 aromatic heterocycles. The lowest BCUT2D eigenvalue weighted by Crippen LogP contribution is -2.17. The van der Waals surface area contributed by atoms with Gasteiger partial charge in [0.05, 0.1) is 18.6 Å². The first-order valence-corrected chi connectivity index (χ1v) is 6.46. The van der Waals surface area contributed by atoms with E-state index >= 15 is 0 Å². The number of carbonyl (C=O) groups excluding carboxylic acids is 1. The van der Waals surface area contributed by atoms with E-state index in [9.17, 15) is 4.79 Å². The van der Waals surface area contributed by atoms with Crippen LogP contribution >= 0.6 is 0 Å². The minimum atomic E-state index is -0.202. The molecule has 0 aliphatic heterocycles. The number of ether oxygens (including phenoxy) is 1. The molecule has 0 aromatic carbocycles. The second kappa shape index (κ2) is 9.64. The number of hydrogen-bond donors (Lipinski definition) is 1. The molecule has 0 saturated heterocycles. The van der Waals surface area contributed by atoms with Crippen molar-refractivity contribution in [2.75, 3.05) is 6.61 Å². The zero-order chi connectivity index (χ0) is 12.4. The molecular formula is C13H26O3. The summed E-state index contributed by atoms with van der Waals surface area (Å²) in [6, 6.07) is 0. The molecule has 0 spiro atoms. The molecule has 0 fully saturated rings. The largest absolute Gasteiger partial charge is 0.466 e. The summed E-state index contributed by atoms with van der Waals surface area (Å²) in [7, 11) is 0. The number of hydrogen-bond acceptors (Lipinski definition) is 3. The second-order valence-corrected chi connectivity index (χ2v) is 4.34. The summed E-state index contributed by atoms with van der Waals surface area (Å²) in [5.41, 5.74) is 0. The van der Waals surface area contributed by atoms with Gasteiger partial charge in [-0.3, -0.25) is 4.79 Å². The highest BCUT2D eigenvalue weighted by Crippen LogP contribution is 2.16. The van der Waals surface area contributed by atoms with Gasteiger partial charge in [-0.05, 0) is 33.1 Å². The van der Waals surface area contributed by atoms with Gasteiger partial charge in [-0.1, -0.05) is 26.2 Å². The van der Waals surface area contributed by atoms with Crippen LogP contribution in [0, 0.1) is 5.92 Å². The second-order valence-electron chi connectivity index (χ2n) is 4.34. The molecule has 0 aromatic rings. The molecular weight excluding hydrogens is 204 g/mol. The SMILES string of the molecule is CCOC(=O)C(CC)CCCCCC(C)O. The summed E-state index contributed by atoms with van der Waals surface area (Å²) in [4.78, 5) is 11.5. The van der Waals surface area contributed by atoms with Crippen LogP contribution in [0.5, 0.6) is 0 Å². The minimum absolute atomic E-state index is 0.0551. The zero-order valence-electron chi connectivity index (χ0n) is 10.9. The fourth-order valence-electron chi connectivity index (χ4n) is 1.76. The molecule has 0 saturated carbocycles. The van der Waals surface area contributed by atoms with Crippen LogP contribution in [0.25, 0.3) is 0 Å². The summed E-state index contributed by atoms with van der Waals surface area (Å²) in [6.45, 7) is 6.15. The predicted octanol–water partition coefficient (Wildman–Crippen LogP) is 2.91. The van der Waals surface area contributed by atoms with Gasteiger partial charge in [-0.15, -0.1) is 0 Å². The molecule has 0 radical (unpaired) electrons. The summed E-state index contributed by atoms with van der Waals surface area (Å²) in [6.07, 6.45) is 5.59. The first-order valence-electron chi connectivity index (χ1n) is 6.46. The summed E-state index contributed by atoms with van der Waals surface area (Å²) < 4.78 is 5.01. The molecule has 16 heavy (non-hydrogen) atoms. The average Bonchev–Trinajstić information content (AvgIpc) is 2.23. The monoisotopic (exact) mass is 230 g/mol. The summed E-state index contributed by atoms with van der Waals surface area (Å²) in [5, 5.41) is 9.09. The maximum absolute atomic E-state index is 11.5. The Morgan fingerprint density at radius 3 is 2.31 bits per heavy atom. The molecule has 0 heterocycles. The Morgan fingerprint density at radius 2 is 1.81 bits per heavy atom.